The van der Waals surface area contributed by atoms with Crippen molar-refractivity contribution in [1.29, 1.82) is 0 Å². The molecule has 72 valence electrons. The quantitative estimate of drug-likeness (QED) is 0.756. The van der Waals surface area contributed by atoms with Crippen molar-refractivity contribution in [3.63, 3.8) is 0 Å². The van der Waals surface area contributed by atoms with E-state index in [2.05, 4.69) is 9.50 Å². The number of halogens is 1. The topological polar surface area (TPSA) is 55.4 Å². The van der Waals surface area contributed by atoms with E-state index in [1.807, 2.05) is 0 Å². The first-order chi connectivity index (χ1) is 6.01. The Balaban J connectivity index is 2.81. The maximum Gasteiger partial charge on any atom is 0.488 e. The van der Waals surface area contributed by atoms with Gasteiger partial charge in [0.15, 0.2) is 0 Å². The van der Waals surface area contributed by atoms with Gasteiger partial charge in [0.1, 0.15) is 5.75 Å². The molecule has 0 aliphatic rings. The van der Waals surface area contributed by atoms with Crippen LogP contribution in [0.1, 0.15) is 0 Å². The van der Waals surface area contributed by atoms with Gasteiger partial charge in [-0.3, -0.25) is 0 Å². The Kier molecular flexibility index (Phi) is 2.72. The predicted molar refractivity (Wildman–Crippen MR) is 46.6 cm³/mol. The van der Waals surface area contributed by atoms with Crippen LogP contribution in [-0.2, 0) is 10.5 Å². The summed E-state index contributed by atoms with van der Waals surface area (Å²) in [6.45, 7) is 0. The van der Waals surface area contributed by atoms with Gasteiger partial charge in [-0.2, -0.15) is 8.42 Å². The number of benzene rings is 1. The zero-order valence-corrected chi connectivity index (χ0v) is 7.64. The van der Waals surface area contributed by atoms with Gasteiger partial charge in [-0.1, -0.05) is 3.89 Å². The van der Waals surface area contributed by atoms with E-state index in [-0.39, 0.29) is 5.75 Å². The minimum Gasteiger partial charge on any atom is -0.388 e. The van der Waals surface area contributed by atoms with Crippen molar-refractivity contribution in [3.05, 3.63) is 24.3 Å². The largest absolute Gasteiger partial charge is 0.488 e. The molecule has 0 saturated carbocycles. The van der Waals surface area contributed by atoms with Crippen LogP contribution in [-0.4, -0.2) is 15.5 Å². The van der Waals surface area contributed by atoms with Gasteiger partial charge in [0, 0.05) is 12.7 Å². The Morgan fingerprint density at radius 2 is 1.85 bits per heavy atom. The predicted octanol–water partition coefficient (Wildman–Crippen LogP) is 1.32. The number of nitrogens with one attached hydrogen (secondary N) is 1. The van der Waals surface area contributed by atoms with Gasteiger partial charge < -0.3 is 9.50 Å². The fourth-order valence-corrected chi connectivity index (χ4v) is 1.13. The second-order valence-corrected chi connectivity index (χ2v) is 3.20. The molecule has 13 heavy (non-hydrogen) atoms. The monoisotopic (exact) mass is 205 g/mol. The highest BCUT2D eigenvalue weighted by atomic mass is 32.3. The van der Waals surface area contributed by atoms with E-state index in [1.54, 1.807) is 19.2 Å². The van der Waals surface area contributed by atoms with Crippen molar-refractivity contribution in [3.8, 4) is 5.75 Å². The second-order valence-electron chi connectivity index (χ2n) is 2.25. The summed E-state index contributed by atoms with van der Waals surface area (Å²) in [7, 11) is -3.21. The van der Waals surface area contributed by atoms with Crippen LogP contribution in [0, 0.1) is 0 Å². The van der Waals surface area contributed by atoms with E-state index in [0.717, 1.165) is 5.69 Å². The standard InChI is InChI=1S/C7H8FNO3S/c1-9-6-2-4-7(5-3-6)12-13(8,10)11/h2-5,9H,1H3. The van der Waals surface area contributed by atoms with Gasteiger partial charge in [-0.15, -0.1) is 0 Å². The lowest BCUT2D eigenvalue weighted by Crippen LogP contribution is -2.00. The van der Waals surface area contributed by atoms with Crippen molar-refractivity contribution in [1.82, 2.24) is 0 Å². The van der Waals surface area contributed by atoms with Crippen LogP contribution >= 0.6 is 0 Å². The zero-order chi connectivity index (χ0) is 9.90. The molecule has 0 radical (unpaired) electrons. The van der Waals surface area contributed by atoms with E-state index >= 15 is 0 Å². The van der Waals surface area contributed by atoms with Gasteiger partial charge >= 0.3 is 10.5 Å². The number of rotatable bonds is 3. The molecule has 0 fully saturated rings. The summed E-state index contributed by atoms with van der Waals surface area (Å²) in [6.07, 6.45) is 0. The van der Waals surface area contributed by atoms with E-state index < -0.39 is 10.5 Å². The lowest BCUT2D eigenvalue weighted by atomic mass is 10.3. The summed E-state index contributed by atoms with van der Waals surface area (Å²) < 4.78 is 36.1. The smallest absolute Gasteiger partial charge is 0.388 e. The molecule has 0 spiro atoms. The number of hydrogen-bond donors (Lipinski definition) is 1. The molecule has 0 aliphatic heterocycles. The maximum atomic E-state index is 12.0. The Morgan fingerprint density at radius 1 is 1.31 bits per heavy atom. The van der Waals surface area contributed by atoms with E-state index in [9.17, 15) is 12.3 Å². The third-order valence-electron chi connectivity index (χ3n) is 1.34. The molecule has 0 unspecified atom stereocenters. The molecule has 0 aliphatic carbocycles. The minimum atomic E-state index is -4.92. The van der Waals surface area contributed by atoms with Crippen molar-refractivity contribution in [2.24, 2.45) is 0 Å². The van der Waals surface area contributed by atoms with Gasteiger partial charge in [-0.05, 0) is 24.3 Å². The highest BCUT2D eigenvalue weighted by Crippen LogP contribution is 2.16. The first-order valence-electron chi connectivity index (χ1n) is 3.43. The Morgan fingerprint density at radius 3 is 2.23 bits per heavy atom. The molecule has 1 aromatic rings. The Labute approximate surface area is 75.8 Å². The highest BCUT2D eigenvalue weighted by Gasteiger charge is 2.08. The van der Waals surface area contributed by atoms with Crippen LogP contribution in [0.15, 0.2) is 24.3 Å². The second kappa shape index (κ2) is 3.61. The molecule has 4 nitrogen and oxygen atoms in total. The molecule has 0 aromatic heterocycles. The number of anilines is 1. The van der Waals surface area contributed by atoms with Gasteiger partial charge in [0.25, 0.3) is 0 Å². The summed E-state index contributed by atoms with van der Waals surface area (Å²) >= 11 is 0. The maximum absolute atomic E-state index is 12.0. The van der Waals surface area contributed by atoms with Gasteiger partial charge in [0.05, 0.1) is 0 Å². The molecular weight excluding hydrogens is 197 g/mol. The third-order valence-corrected chi connectivity index (χ3v) is 1.73. The van der Waals surface area contributed by atoms with Crippen molar-refractivity contribution < 1.29 is 16.5 Å². The SMILES string of the molecule is CNc1ccc(OS(=O)(=O)F)cc1. The summed E-state index contributed by atoms with van der Waals surface area (Å²) in [5, 5.41) is 2.82. The molecule has 0 heterocycles. The summed E-state index contributed by atoms with van der Waals surface area (Å²) in [5.74, 6) is -0.0542. The number of hydrogen-bond acceptors (Lipinski definition) is 4. The van der Waals surface area contributed by atoms with Crippen LogP contribution in [0.3, 0.4) is 0 Å². The van der Waals surface area contributed by atoms with Crippen LogP contribution in [0.2, 0.25) is 0 Å². The average Bonchev–Trinajstić information content (AvgIpc) is 2.03. The summed E-state index contributed by atoms with van der Waals surface area (Å²) in [6, 6.07) is 5.84. The summed E-state index contributed by atoms with van der Waals surface area (Å²) in [5.41, 5.74) is 0.781. The lowest BCUT2D eigenvalue weighted by molar-refractivity contribution is 0.440. The molecule has 0 atom stereocenters. The molecule has 0 saturated heterocycles. The molecular formula is C7H8FNO3S. The molecule has 0 bridgehead atoms. The first kappa shape index (κ1) is 9.79. The molecule has 1 aromatic carbocycles. The zero-order valence-electron chi connectivity index (χ0n) is 6.82. The Bertz CT molecular complexity index is 373. The normalized spacial score (nSPS) is 10.9. The van der Waals surface area contributed by atoms with Crippen LogP contribution < -0.4 is 9.50 Å². The first-order valence-corrected chi connectivity index (χ1v) is 4.74. The lowest BCUT2D eigenvalue weighted by Gasteiger charge is -2.01. The molecule has 6 heteroatoms. The van der Waals surface area contributed by atoms with Crippen molar-refractivity contribution >= 4 is 16.2 Å². The van der Waals surface area contributed by atoms with Crippen molar-refractivity contribution in [2.45, 2.75) is 0 Å². The van der Waals surface area contributed by atoms with Gasteiger partial charge in [-0.25, -0.2) is 0 Å². The fraction of sp³-hybridized carbons (Fsp3) is 0.143. The molecule has 1 N–H and O–H groups in total. The minimum absolute atomic E-state index is 0.0542. The van der Waals surface area contributed by atoms with Crippen molar-refractivity contribution in [2.75, 3.05) is 12.4 Å². The molecule has 1 rings (SSSR count). The average molecular weight is 205 g/mol. The fourth-order valence-electron chi connectivity index (χ4n) is 0.792. The third kappa shape index (κ3) is 3.29. The van der Waals surface area contributed by atoms with E-state index in [1.165, 1.54) is 12.1 Å². The molecule has 0 amide bonds. The van der Waals surface area contributed by atoms with Gasteiger partial charge in [0.2, 0.25) is 0 Å². The van der Waals surface area contributed by atoms with Crippen LogP contribution in [0.5, 0.6) is 5.75 Å². The van der Waals surface area contributed by atoms with Crippen LogP contribution in [0.25, 0.3) is 0 Å². The highest BCUT2D eigenvalue weighted by molar-refractivity contribution is 7.81. The van der Waals surface area contributed by atoms with E-state index in [0.29, 0.717) is 0 Å². The summed E-state index contributed by atoms with van der Waals surface area (Å²) in [4.78, 5) is 0. The Hall–Kier alpha value is -1.30. The van der Waals surface area contributed by atoms with E-state index in [4.69, 9.17) is 0 Å². The van der Waals surface area contributed by atoms with Crippen LogP contribution in [0.4, 0.5) is 9.57 Å².